The van der Waals surface area contributed by atoms with Crippen LogP contribution in [0.5, 0.6) is 5.75 Å². The first-order chi connectivity index (χ1) is 16.3. The molecule has 0 saturated carbocycles. The highest BCUT2D eigenvalue weighted by Crippen LogP contribution is 2.24. The fraction of sp³-hybridized carbons (Fsp3) is 0.320. The van der Waals surface area contributed by atoms with Crippen LogP contribution in [0, 0.1) is 5.82 Å². The molecule has 1 aliphatic rings. The summed E-state index contributed by atoms with van der Waals surface area (Å²) in [5.41, 5.74) is 2.46. The van der Waals surface area contributed by atoms with Crippen molar-refractivity contribution in [2.75, 3.05) is 24.6 Å². The molecule has 9 heteroatoms. The molecule has 0 unspecified atom stereocenters. The maximum absolute atomic E-state index is 13.3. The Balaban J connectivity index is 1.37. The number of benzene rings is 2. The SMILES string of the molecule is CCC(F)(F)COc1ccc(Cn2cnc(N3CC=C(c4ccc(F)cc4)CC3)nc2=O)cc1. The second-order valence-corrected chi connectivity index (χ2v) is 8.14. The van der Waals surface area contributed by atoms with Crippen LogP contribution < -0.4 is 15.3 Å². The lowest BCUT2D eigenvalue weighted by Crippen LogP contribution is -2.34. The van der Waals surface area contributed by atoms with E-state index < -0.39 is 18.2 Å². The Kier molecular flexibility index (Phi) is 7.00. The summed E-state index contributed by atoms with van der Waals surface area (Å²) in [5, 5.41) is 0. The predicted octanol–water partition coefficient (Wildman–Crippen LogP) is 4.54. The van der Waals surface area contributed by atoms with E-state index in [2.05, 4.69) is 9.97 Å². The summed E-state index contributed by atoms with van der Waals surface area (Å²) in [5.74, 6) is -2.43. The summed E-state index contributed by atoms with van der Waals surface area (Å²) < 4.78 is 46.3. The summed E-state index contributed by atoms with van der Waals surface area (Å²) in [6.45, 7) is 2.18. The quantitative estimate of drug-likeness (QED) is 0.484. The van der Waals surface area contributed by atoms with Gasteiger partial charge in [-0.1, -0.05) is 37.3 Å². The molecular formula is C25H25F3N4O2. The van der Waals surface area contributed by atoms with Gasteiger partial charge in [-0.25, -0.2) is 22.9 Å². The summed E-state index contributed by atoms with van der Waals surface area (Å²) in [6, 6.07) is 13.0. The number of aromatic nitrogens is 3. The van der Waals surface area contributed by atoms with Crippen molar-refractivity contribution in [1.82, 2.24) is 14.5 Å². The van der Waals surface area contributed by atoms with Gasteiger partial charge in [0.2, 0.25) is 5.95 Å². The lowest BCUT2D eigenvalue weighted by Gasteiger charge is -2.26. The maximum Gasteiger partial charge on any atom is 0.352 e. The molecule has 6 nitrogen and oxygen atoms in total. The van der Waals surface area contributed by atoms with Gasteiger partial charge in [0.1, 0.15) is 17.9 Å². The van der Waals surface area contributed by atoms with Gasteiger partial charge >= 0.3 is 5.69 Å². The van der Waals surface area contributed by atoms with Gasteiger partial charge in [0.25, 0.3) is 5.92 Å². The number of hydrogen-bond donors (Lipinski definition) is 0. The number of rotatable bonds is 8. The summed E-state index contributed by atoms with van der Waals surface area (Å²) in [4.78, 5) is 22.9. The lowest BCUT2D eigenvalue weighted by molar-refractivity contribution is -0.0436. The first-order valence-electron chi connectivity index (χ1n) is 11.1. The number of alkyl halides is 2. The second-order valence-electron chi connectivity index (χ2n) is 8.14. The van der Waals surface area contributed by atoms with Gasteiger partial charge in [0, 0.05) is 19.5 Å². The number of ether oxygens (including phenoxy) is 1. The van der Waals surface area contributed by atoms with Crippen molar-refractivity contribution in [1.29, 1.82) is 0 Å². The highest BCUT2D eigenvalue weighted by molar-refractivity contribution is 5.68. The smallest absolute Gasteiger partial charge is 0.352 e. The van der Waals surface area contributed by atoms with E-state index in [4.69, 9.17) is 4.74 Å². The van der Waals surface area contributed by atoms with E-state index in [1.807, 2.05) is 11.0 Å². The average Bonchev–Trinajstić information content (AvgIpc) is 2.85. The normalized spacial score (nSPS) is 14.1. The zero-order valence-electron chi connectivity index (χ0n) is 18.8. The molecule has 3 aromatic rings. The third-order valence-corrected chi connectivity index (χ3v) is 5.70. The summed E-state index contributed by atoms with van der Waals surface area (Å²) >= 11 is 0. The van der Waals surface area contributed by atoms with Crippen LogP contribution in [0.2, 0.25) is 0 Å². The Hall–Kier alpha value is -3.62. The molecule has 4 rings (SSSR count). The molecule has 0 spiro atoms. The van der Waals surface area contributed by atoms with Crippen LogP contribution in [0.3, 0.4) is 0 Å². The van der Waals surface area contributed by atoms with Gasteiger partial charge in [-0.15, -0.1) is 0 Å². The topological polar surface area (TPSA) is 60.2 Å². The Morgan fingerprint density at radius 3 is 2.44 bits per heavy atom. The zero-order chi connectivity index (χ0) is 24.1. The molecule has 1 aliphatic heterocycles. The second kappa shape index (κ2) is 10.1. The molecule has 0 aliphatic carbocycles. The van der Waals surface area contributed by atoms with Crippen LogP contribution in [0.4, 0.5) is 19.1 Å². The minimum Gasteiger partial charge on any atom is -0.487 e. The van der Waals surface area contributed by atoms with Crippen LogP contribution >= 0.6 is 0 Å². The van der Waals surface area contributed by atoms with Crippen molar-refractivity contribution in [3.05, 3.63) is 88.4 Å². The highest BCUT2D eigenvalue weighted by Gasteiger charge is 2.27. The van der Waals surface area contributed by atoms with Gasteiger partial charge < -0.3 is 9.64 Å². The van der Waals surface area contributed by atoms with E-state index in [1.165, 1.54) is 30.0 Å². The molecule has 34 heavy (non-hydrogen) atoms. The van der Waals surface area contributed by atoms with Gasteiger partial charge in [-0.05, 0) is 47.4 Å². The lowest BCUT2D eigenvalue weighted by atomic mass is 10.00. The van der Waals surface area contributed by atoms with Crippen LogP contribution in [0.15, 0.2) is 65.7 Å². The van der Waals surface area contributed by atoms with Crippen molar-refractivity contribution < 1.29 is 17.9 Å². The van der Waals surface area contributed by atoms with Crippen molar-refractivity contribution in [3.8, 4) is 5.75 Å². The van der Waals surface area contributed by atoms with E-state index in [9.17, 15) is 18.0 Å². The molecule has 1 aromatic heterocycles. The Labute approximate surface area is 195 Å². The standard InChI is InChI=1S/C25H25F3N4O2/c1-2-25(27,28)16-34-22-9-3-18(4-10-22)15-32-17-29-23(30-24(32)33)31-13-11-20(12-14-31)19-5-7-21(26)8-6-19/h3-11,17H,2,12-16H2,1H3. The fourth-order valence-electron chi connectivity index (χ4n) is 3.57. The molecule has 0 N–H and O–H groups in total. The van der Waals surface area contributed by atoms with Crippen molar-refractivity contribution in [2.24, 2.45) is 0 Å². The van der Waals surface area contributed by atoms with Crippen molar-refractivity contribution >= 4 is 11.5 Å². The zero-order valence-corrected chi connectivity index (χ0v) is 18.8. The number of nitrogens with zero attached hydrogens (tertiary/aromatic N) is 4. The van der Waals surface area contributed by atoms with E-state index in [1.54, 1.807) is 36.4 Å². The number of hydrogen-bond acceptors (Lipinski definition) is 5. The van der Waals surface area contributed by atoms with Crippen LogP contribution in [0.25, 0.3) is 5.57 Å². The van der Waals surface area contributed by atoms with Crippen molar-refractivity contribution in [3.63, 3.8) is 0 Å². The fourth-order valence-corrected chi connectivity index (χ4v) is 3.57. The molecule has 0 amide bonds. The average molecular weight is 470 g/mol. The van der Waals surface area contributed by atoms with E-state index >= 15 is 0 Å². The molecule has 178 valence electrons. The monoisotopic (exact) mass is 470 g/mol. The highest BCUT2D eigenvalue weighted by atomic mass is 19.3. The van der Waals surface area contributed by atoms with Crippen LogP contribution in [0.1, 0.15) is 30.9 Å². The molecule has 2 aromatic carbocycles. The molecular weight excluding hydrogens is 445 g/mol. The molecule has 0 radical (unpaired) electrons. The summed E-state index contributed by atoms with van der Waals surface area (Å²) in [7, 11) is 0. The van der Waals surface area contributed by atoms with Crippen molar-refractivity contribution in [2.45, 2.75) is 32.2 Å². The third-order valence-electron chi connectivity index (χ3n) is 5.70. The van der Waals surface area contributed by atoms with E-state index in [0.29, 0.717) is 24.8 Å². The van der Waals surface area contributed by atoms with Gasteiger partial charge in [-0.3, -0.25) is 4.57 Å². The van der Waals surface area contributed by atoms with Crippen LogP contribution in [-0.2, 0) is 6.54 Å². The van der Waals surface area contributed by atoms with E-state index in [-0.39, 0.29) is 18.8 Å². The Morgan fingerprint density at radius 2 is 1.82 bits per heavy atom. The number of halogens is 3. The molecule has 0 fully saturated rings. The minimum absolute atomic E-state index is 0.249. The van der Waals surface area contributed by atoms with E-state index in [0.717, 1.165) is 23.1 Å². The molecule has 0 saturated heterocycles. The number of anilines is 1. The Morgan fingerprint density at radius 1 is 1.09 bits per heavy atom. The molecule has 0 bridgehead atoms. The predicted molar refractivity (Wildman–Crippen MR) is 124 cm³/mol. The summed E-state index contributed by atoms with van der Waals surface area (Å²) in [6.07, 6.45) is 3.94. The van der Waals surface area contributed by atoms with Gasteiger partial charge in [0.15, 0.2) is 6.61 Å². The van der Waals surface area contributed by atoms with Gasteiger partial charge in [-0.2, -0.15) is 4.98 Å². The third kappa shape index (κ3) is 5.84. The largest absolute Gasteiger partial charge is 0.487 e. The first kappa shape index (κ1) is 23.5. The Bertz CT molecular complexity index is 1210. The molecule has 2 heterocycles. The maximum atomic E-state index is 13.3. The van der Waals surface area contributed by atoms with Crippen LogP contribution in [-0.4, -0.2) is 40.2 Å². The van der Waals surface area contributed by atoms with Gasteiger partial charge in [0.05, 0.1) is 6.54 Å². The molecule has 0 atom stereocenters. The first-order valence-corrected chi connectivity index (χ1v) is 11.1. The minimum atomic E-state index is -2.86.